The first kappa shape index (κ1) is 12.1. The van der Waals surface area contributed by atoms with Gasteiger partial charge in [0, 0.05) is 4.88 Å². The van der Waals surface area contributed by atoms with Gasteiger partial charge in [-0.05, 0) is 36.8 Å². The van der Waals surface area contributed by atoms with Crippen LogP contribution in [0.3, 0.4) is 0 Å². The molecular weight excluding hydrogens is 238 g/mol. The van der Waals surface area contributed by atoms with Crippen molar-refractivity contribution in [2.45, 2.75) is 26.2 Å². The third kappa shape index (κ3) is 2.85. The predicted octanol–water partition coefficient (Wildman–Crippen LogP) is 1.52. The Labute approximate surface area is 104 Å². The van der Waals surface area contributed by atoms with Crippen LogP contribution in [0.4, 0.5) is 0 Å². The van der Waals surface area contributed by atoms with Gasteiger partial charge in [0.15, 0.2) is 6.61 Å². The van der Waals surface area contributed by atoms with Gasteiger partial charge in [0.05, 0.1) is 0 Å². The minimum atomic E-state index is -0.631. The minimum Gasteiger partial charge on any atom is -0.451 e. The summed E-state index contributed by atoms with van der Waals surface area (Å²) in [7, 11) is 0. The Hall–Kier alpha value is -1.36. The Balaban J connectivity index is 2.07. The van der Waals surface area contributed by atoms with Crippen LogP contribution in [0.15, 0.2) is 6.07 Å². The highest BCUT2D eigenvalue weighted by molar-refractivity contribution is 7.14. The SMILES string of the molecule is C[C@@H]1CCc2sc(C(=O)OCC(N)=O)cc2C1. The molecule has 92 valence electrons. The molecule has 0 spiro atoms. The second-order valence-corrected chi connectivity index (χ2v) is 5.59. The molecule has 1 aromatic rings. The average Bonchev–Trinajstić information content (AvgIpc) is 2.68. The Morgan fingerprint density at radius 2 is 2.35 bits per heavy atom. The van der Waals surface area contributed by atoms with Crippen LogP contribution in [0, 0.1) is 5.92 Å². The molecule has 1 aliphatic carbocycles. The number of aryl methyl sites for hydroxylation is 1. The molecule has 0 bridgehead atoms. The van der Waals surface area contributed by atoms with Gasteiger partial charge in [0.2, 0.25) is 0 Å². The van der Waals surface area contributed by atoms with E-state index >= 15 is 0 Å². The van der Waals surface area contributed by atoms with Crippen molar-refractivity contribution in [1.82, 2.24) is 0 Å². The van der Waals surface area contributed by atoms with Crippen LogP contribution < -0.4 is 5.73 Å². The zero-order valence-corrected chi connectivity index (χ0v) is 10.5. The molecule has 2 N–H and O–H groups in total. The van der Waals surface area contributed by atoms with Crippen molar-refractivity contribution in [3.63, 3.8) is 0 Å². The highest BCUT2D eigenvalue weighted by Crippen LogP contribution is 2.32. The fraction of sp³-hybridized carbons (Fsp3) is 0.500. The molecule has 1 atom stereocenters. The molecule has 0 saturated carbocycles. The Morgan fingerprint density at radius 3 is 3.06 bits per heavy atom. The van der Waals surface area contributed by atoms with E-state index < -0.39 is 11.9 Å². The maximum absolute atomic E-state index is 11.6. The van der Waals surface area contributed by atoms with E-state index in [4.69, 9.17) is 10.5 Å². The van der Waals surface area contributed by atoms with Crippen molar-refractivity contribution in [2.75, 3.05) is 6.61 Å². The minimum absolute atomic E-state index is 0.349. The lowest BCUT2D eigenvalue weighted by atomic mass is 9.90. The number of carbonyl (C=O) groups excluding carboxylic acids is 2. The number of hydrogen-bond acceptors (Lipinski definition) is 4. The molecule has 0 saturated heterocycles. The molecule has 1 amide bonds. The lowest BCUT2D eigenvalue weighted by Gasteiger charge is -2.16. The van der Waals surface area contributed by atoms with Crippen molar-refractivity contribution in [3.8, 4) is 0 Å². The second-order valence-electron chi connectivity index (χ2n) is 4.45. The quantitative estimate of drug-likeness (QED) is 0.830. The van der Waals surface area contributed by atoms with E-state index in [1.165, 1.54) is 28.2 Å². The zero-order chi connectivity index (χ0) is 12.4. The number of primary amides is 1. The van der Waals surface area contributed by atoms with E-state index in [9.17, 15) is 9.59 Å². The monoisotopic (exact) mass is 253 g/mol. The van der Waals surface area contributed by atoms with E-state index in [-0.39, 0.29) is 6.61 Å². The van der Waals surface area contributed by atoms with Gasteiger partial charge in [-0.3, -0.25) is 4.79 Å². The van der Waals surface area contributed by atoms with Gasteiger partial charge in [0.25, 0.3) is 5.91 Å². The van der Waals surface area contributed by atoms with Gasteiger partial charge >= 0.3 is 5.97 Å². The van der Waals surface area contributed by atoms with Crippen molar-refractivity contribution < 1.29 is 14.3 Å². The Bertz CT molecular complexity index is 453. The van der Waals surface area contributed by atoms with E-state index in [0.29, 0.717) is 10.8 Å². The molecule has 0 unspecified atom stereocenters. The molecule has 4 nitrogen and oxygen atoms in total. The topological polar surface area (TPSA) is 69.4 Å². The average molecular weight is 253 g/mol. The van der Waals surface area contributed by atoms with Gasteiger partial charge < -0.3 is 10.5 Å². The number of amides is 1. The molecule has 0 aliphatic heterocycles. The van der Waals surface area contributed by atoms with E-state index in [0.717, 1.165) is 12.8 Å². The summed E-state index contributed by atoms with van der Waals surface area (Å²) in [5.74, 6) is -0.407. The zero-order valence-electron chi connectivity index (χ0n) is 9.69. The lowest BCUT2D eigenvalue weighted by molar-refractivity contribution is -0.121. The number of hydrogen-bond donors (Lipinski definition) is 1. The molecule has 1 aliphatic rings. The summed E-state index contributed by atoms with van der Waals surface area (Å²) in [4.78, 5) is 24.0. The van der Waals surface area contributed by atoms with Crippen LogP contribution in [0.2, 0.25) is 0 Å². The number of rotatable bonds is 3. The summed E-state index contributed by atoms with van der Waals surface area (Å²) < 4.78 is 4.79. The molecule has 1 aromatic heterocycles. The van der Waals surface area contributed by atoms with Crippen LogP contribution in [0.5, 0.6) is 0 Å². The molecular formula is C12H15NO3S. The summed E-state index contributed by atoms with van der Waals surface area (Å²) >= 11 is 1.47. The molecule has 1 heterocycles. The number of carbonyl (C=O) groups is 2. The molecule has 0 fully saturated rings. The third-order valence-electron chi connectivity index (χ3n) is 2.88. The first-order valence-electron chi connectivity index (χ1n) is 5.63. The van der Waals surface area contributed by atoms with Gasteiger partial charge in [0.1, 0.15) is 4.88 Å². The summed E-state index contributed by atoms with van der Waals surface area (Å²) in [6.07, 6.45) is 3.22. The molecule has 2 rings (SSSR count). The first-order valence-corrected chi connectivity index (χ1v) is 6.45. The maximum atomic E-state index is 11.6. The molecule has 0 radical (unpaired) electrons. The fourth-order valence-electron chi connectivity index (χ4n) is 2.01. The van der Waals surface area contributed by atoms with Gasteiger partial charge in [-0.1, -0.05) is 6.92 Å². The smallest absolute Gasteiger partial charge is 0.348 e. The molecule has 0 aromatic carbocycles. The third-order valence-corrected chi connectivity index (χ3v) is 4.09. The van der Waals surface area contributed by atoms with E-state index in [1.807, 2.05) is 6.07 Å². The van der Waals surface area contributed by atoms with Crippen LogP contribution in [0.25, 0.3) is 0 Å². The number of ether oxygens (including phenoxy) is 1. The standard InChI is InChI=1S/C12H15NO3S/c1-7-2-3-9-8(4-7)5-10(17-9)12(15)16-6-11(13)14/h5,7H,2-4,6H2,1H3,(H2,13,14)/t7-/m1/s1. The fourth-order valence-corrected chi connectivity index (χ4v) is 3.12. The van der Waals surface area contributed by atoms with Crippen molar-refractivity contribution in [2.24, 2.45) is 11.7 Å². The second kappa shape index (κ2) is 4.87. The number of fused-ring (bicyclic) bond motifs is 1. The van der Waals surface area contributed by atoms with Crippen LogP contribution in [-0.4, -0.2) is 18.5 Å². The summed E-state index contributed by atoms with van der Waals surface area (Å²) in [5.41, 5.74) is 6.17. The largest absolute Gasteiger partial charge is 0.451 e. The molecule has 5 heteroatoms. The summed E-state index contributed by atoms with van der Waals surface area (Å²) in [5, 5.41) is 0. The lowest BCUT2D eigenvalue weighted by Crippen LogP contribution is -2.20. The highest BCUT2D eigenvalue weighted by Gasteiger charge is 2.21. The number of esters is 1. The van der Waals surface area contributed by atoms with Crippen LogP contribution in [0.1, 0.15) is 33.5 Å². The number of thiophene rings is 1. The van der Waals surface area contributed by atoms with Gasteiger partial charge in [-0.25, -0.2) is 4.79 Å². The predicted molar refractivity (Wildman–Crippen MR) is 65.0 cm³/mol. The summed E-state index contributed by atoms with van der Waals surface area (Å²) in [6, 6.07) is 1.89. The Kier molecular flexibility index (Phi) is 3.47. The van der Waals surface area contributed by atoms with Crippen LogP contribution in [-0.2, 0) is 22.4 Å². The van der Waals surface area contributed by atoms with Crippen molar-refractivity contribution in [3.05, 3.63) is 21.4 Å². The maximum Gasteiger partial charge on any atom is 0.348 e. The Morgan fingerprint density at radius 1 is 1.59 bits per heavy atom. The van der Waals surface area contributed by atoms with E-state index in [2.05, 4.69) is 6.92 Å². The first-order chi connectivity index (χ1) is 8.06. The van der Waals surface area contributed by atoms with Crippen molar-refractivity contribution >= 4 is 23.2 Å². The van der Waals surface area contributed by atoms with Gasteiger partial charge in [-0.2, -0.15) is 0 Å². The summed E-state index contributed by atoms with van der Waals surface area (Å²) in [6.45, 7) is 1.86. The highest BCUT2D eigenvalue weighted by atomic mass is 32.1. The van der Waals surface area contributed by atoms with Crippen LogP contribution >= 0.6 is 11.3 Å². The normalized spacial score (nSPS) is 18.5. The van der Waals surface area contributed by atoms with E-state index in [1.54, 1.807) is 0 Å². The number of nitrogens with two attached hydrogens (primary N) is 1. The molecule has 17 heavy (non-hydrogen) atoms. The van der Waals surface area contributed by atoms with Gasteiger partial charge in [-0.15, -0.1) is 11.3 Å². The van der Waals surface area contributed by atoms with Crippen molar-refractivity contribution in [1.29, 1.82) is 0 Å².